The number of carbonyl (C=O) groups is 2. The van der Waals surface area contributed by atoms with Gasteiger partial charge in [-0.05, 0) is 35.2 Å². The first-order valence-electron chi connectivity index (χ1n) is 9.01. The van der Waals surface area contributed by atoms with E-state index >= 15 is 0 Å². The Balaban J connectivity index is 1.62. The Bertz CT molecular complexity index is 1310. The Morgan fingerprint density at radius 1 is 0.968 bits per heavy atom. The van der Waals surface area contributed by atoms with E-state index in [4.69, 9.17) is 40.5 Å². The van der Waals surface area contributed by atoms with Crippen molar-refractivity contribution < 1.29 is 9.59 Å². The molecule has 0 saturated heterocycles. The summed E-state index contributed by atoms with van der Waals surface area (Å²) in [6, 6.07) is 13.8. The highest BCUT2D eigenvalue weighted by Gasteiger charge is 2.21. The van der Waals surface area contributed by atoms with E-state index in [9.17, 15) is 9.59 Å². The highest BCUT2D eigenvalue weighted by Crippen LogP contribution is 2.33. The van der Waals surface area contributed by atoms with Crippen molar-refractivity contribution in [3.63, 3.8) is 0 Å². The molecule has 10 heteroatoms. The molecule has 0 aliphatic carbocycles. The van der Waals surface area contributed by atoms with Crippen LogP contribution in [0, 0.1) is 0 Å². The molecule has 1 aromatic heterocycles. The van der Waals surface area contributed by atoms with E-state index in [1.807, 2.05) is 24.3 Å². The van der Waals surface area contributed by atoms with Gasteiger partial charge in [0.05, 0.1) is 15.6 Å². The van der Waals surface area contributed by atoms with Crippen LogP contribution in [-0.2, 0) is 6.54 Å². The van der Waals surface area contributed by atoms with Crippen molar-refractivity contribution >= 4 is 63.1 Å². The maximum absolute atomic E-state index is 13.3. The molecule has 0 bridgehead atoms. The molecule has 1 heterocycles. The Kier molecular flexibility index (Phi) is 5.82. The number of anilines is 1. The van der Waals surface area contributed by atoms with E-state index in [2.05, 4.69) is 20.7 Å². The van der Waals surface area contributed by atoms with Crippen molar-refractivity contribution in [2.75, 3.05) is 5.73 Å². The molecule has 31 heavy (non-hydrogen) atoms. The molecule has 0 aliphatic rings. The summed E-state index contributed by atoms with van der Waals surface area (Å²) in [5.41, 5.74) is 6.78. The molecule has 0 saturated carbocycles. The Morgan fingerprint density at radius 3 is 2.29 bits per heavy atom. The van der Waals surface area contributed by atoms with Gasteiger partial charge in [0.25, 0.3) is 5.91 Å². The zero-order valence-corrected chi connectivity index (χ0v) is 18.0. The maximum Gasteiger partial charge on any atom is 0.275 e. The molecular formula is C21H14Cl3N5O2. The lowest BCUT2D eigenvalue weighted by Gasteiger charge is -2.12. The largest absolute Gasteiger partial charge is 0.382 e. The molecule has 0 fully saturated rings. The first kappa shape index (κ1) is 21.1. The molecule has 0 radical (unpaired) electrons. The van der Waals surface area contributed by atoms with Crippen LogP contribution in [0.5, 0.6) is 0 Å². The lowest BCUT2D eigenvalue weighted by molar-refractivity contribution is 0.0946. The zero-order valence-electron chi connectivity index (χ0n) is 15.7. The van der Waals surface area contributed by atoms with Crippen LogP contribution < -0.4 is 11.1 Å². The number of nitrogen functional groups attached to an aromatic ring is 1. The monoisotopic (exact) mass is 473 g/mol. The van der Waals surface area contributed by atoms with Crippen LogP contribution in [0.2, 0.25) is 15.1 Å². The van der Waals surface area contributed by atoms with E-state index in [-0.39, 0.29) is 39.4 Å². The minimum atomic E-state index is -0.508. The van der Waals surface area contributed by atoms with Gasteiger partial charge in [-0.15, -0.1) is 5.10 Å². The summed E-state index contributed by atoms with van der Waals surface area (Å²) in [5, 5.41) is 14.5. The van der Waals surface area contributed by atoms with Gasteiger partial charge < -0.3 is 11.1 Å². The predicted octanol–water partition coefficient (Wildman–Crippen LogP) is 4.66. The number of hydrogen-bond acceptors (Lipinski definition) is 5. The van der Waals surface area contributed by atoms with Crippen LogP contribution in [0.4, 0.5) is 5.82 Å². The van der Waals surface area contributed by atoms with Gasteiger partial charge in [0.1, 0.15) is 0 Å². The van der Waals surface area contributed by atoms with Gasteiger partial charge in [-0.25, -0.2) is 5.10 Å². The molecule has 0 aliphatic heterocycles. The lowest BCUT2D eigenvalue weighted by atomic mass is 9.96. The van der Waals surface area contributed by atoms with Crippen LogP contribution in [0.1, 0.15) is 32.0 Å². The van der Waals surface area contributed by atoms with Crippen LogP contribution in [0.15, 0.2) is 48.5 Å². The first-order valence-corrected chi connectivity index (χ1v) is 10.1. The number of amides is 1. The number of ketones is 1. The normalized spacial score (nSPS) is 10.9. The number of nitrogens with one attached hydrogen (secondary N) is 2. The third-order valence-corrected chi connectivity index (χ3v) is 5.61. The van der Waals surface area contributed by atoms with Crippen LogP contribution in [0.25, 0.3) is 10.8 Å². The predicted molar refractivity (Wildman–Crippen MR) is 121 cm³/mol. The van der Waals surface area contributed by atoms with Gasteiger partial charge in [-0.2, -0.15) is 0 Å². The topological polar surface area (TPSA) is 114 Å². The molecule has 3 aromatic carbocycles. The average Bonchev–Trinajstić information content (AvgIpc) is 3.18. The molecule has 156 valence electrons. The number of aromatic nitrogens is 3. The summed E-state index contributed by atoms with van der Waals surface area (Å²) in [7, 11) is 0. The molecular weight excluding hydrogens is 461 g/mol. The minimum absolute atomic E-state index is 0.0152. The van der Waals surface area contributed by atoms with Crippen molar-refractivity contribution in [3.8, 4) is 0 Å². The number of benzene rings is 3. The highest BCUT2D eigenvalue weighted by atomic mass is 35.5. The third kappa shape index (κ3) is 4.07. The number of halogens is 3. The number of H-pyrrole nitrogens is 1. The summed E-state index contributed by atoms with van der Waals surface area (Å²) in [4.78, 5) is 25.4. The quantitative estimate of drug-likeness (QED) is 0.364. The van der Waals surface area contributed by atoms with Crippen LogP contribution in [0.3, 0.4) is 0 Å². The van der Waals surface area contributed by atoms with E-state index in [1.54, 1.807) is 24.3 Å². The standard InChI is InChI=1S/C21H14Cl3N5O2/c22-14-6-5-13(11-3-1-2-4-12(11)14)19(30)17-15(23)7-10(8-16(17)24)9-26-21(31)18-20(25)28-29-27-18/h1-8H,9H2,(H,26,31)(H3,25,27,28,29). The highest BCUT2D eigenvalue weighted by molar-refractivity contribution is 6.42. The zero-order chi connectivity index (χ0) is 22.1. The van der Waals surface area contributed by atoms with Gasteiger partial charge in [0.15, 0.2) is 17.3 Å². The number of aromatic amines is 1. The molecule has 0 spiro atoms. The second kappa shape index (κ2) is 8.55. The summed E-state index contributed by atoms with van der Waals surface area (Å²) in [6.45, 7) is 0.100. The van der Waals surface area contributed by atoms with Crippen molar-refractivity contribution in [1.82, 2.24) is 20.7 Å². The number of rotatable bonds is 5. The number of nitrogens with two attached hydrogens (primary N) is 1. The molecule has 4 rings (SSSR count). The Morgan fingerprint density at radius 2 is 1.65 bits per heavy atom. The first-order chi connectivity index (χ1) is 14.9. The average molecular weight is 475 g/mol. The van der Waals surface area contributed by atoms with Crippen molar-refractivity contribution in [1.29, 1.82) is 0 Å². The minimum Gasteiger partial charge on any atom is -0.382 e. The van der Waals surface area contributed by atoms with E-state index < -0.39 is 5.91 Å². The smallest absolute Gasteiger partial charge is 0.275 e. The van der Waals surface area contributed by atoms with Gasteiger partial charge in [0.2, 0.25) is 0 Å². The molecule has 0 atom stereocenters. The molecule has 1 amide bonds. The summed E-state index contributed by atoms with van der Waals surface area (Å²) < 4.78 is 0. The number of carbonyl (C=O) groups excluding carboxylic acids is 2. The van der Waals surface area contributed by atoms with Crippen molar-refractivity contribution in [3.05, 3.63) is 86.0 Å². The third-order valence-electron chi connectivity index (χ3n) is 4.69. The van der Waals surface area contributed by atoms with E-state index in [0.717, 1.165) is 5.39 Å². The van der Waals surface area contributed by atoms with Gasteiger partial charge in [0, 0.05) is 22.5 Å². The second-order valence-corrected chi connectivity index (χ2v) is 7.88. The number of nitrogens with zero attached hydrogens (tertiary/aromatic N) is 2. The van der Waals surface area contributed by atoms with Crippen LogP contribution in [-0.4, -0.2) is 27.1 Å². The van der Waals surface area contributed by atoms with E-state index in [1.165, 1.54) is 0 Å². The summed E-state index contributed by atoms with van der Waals surface area (Å²) >= 11 is 19.1. The number of fused-ring (bicyclic) bond motifs is 1. The second-order valence-electron chi connectivity index (χ2n) is 6.66. The fourth-order valence-electron chi connectivity index (χ4n) is 3.21. The van der Waals surface area contributed by atoms with E-state index in [0.29, 0.717) is 21.5 Å². The van der Waals surface area contributed by atoms with Crippen molar-refractivity contribution in [2.45, 2.75) is 6.54 Å². The maximum atomic E-state index is 13.3. The molecule has 4 aromatic rings. The van der Waals surface area contributed by atoms with Gasteiger partial charge in [-0.3, -0.25) is 9.59 Å². The number of hydrogen-bond donors (Lipinski definition) is 3. The Hall–Kier alpha value is -3.13. The molecule has 4 N–H and O–H groups in total. The van der Waals surface area contributed by atoms with Gasteiger partial charge >= 0.3 is 0 Å². The SMILES string of the molecule is Nc1[nH]nnc1C(=O)NCc1cc(Cl)c(C(=O)c2ccc(Cl)c3ccccc23)c(Cl)c1. The van der Waals surface area contributed by atoms with Gasteiger partial charge in [-0.1, -0.05) is 64.3 Å². The van der Waals surface area contributed by atoms with Crippen LogP contribution >= 0.6 is 34.8 Å². The summed E-state index contributed by atoms with van der Waals surface area (Å²) in [6.07, 6.45) is 0. The molecule has 0 unspecified atom stereocenters. The van der Waals surface area contributed by atoms with Crippen molar-refractivity contribution in [2.24, 2.45) is 0 Å². The fraction of sp³-hybridized carbons (Fsp3) is 0.0476. The summed E-state index contributed by atoms with van der Waals surface area (Å²) in [5.74, 6) is -0.773. The lowest BCUT2D eigenvalue weighted by Crippen LogP contribution is -2.24. The Labute approximate surface area is 191 Å². The fourth-order valence-corrected chi connectivity index (χ4v) is 4.14. The molecule has 7 nitrogen and oxygen atoms in total.